The number of benzene rings is 1. The van der Waals surface area contributed by atoms with Crippen LogP contribution >= 0.6 is 0 Å². The summed E-state index contributed by atoms with van der Waals surface area (Å²) < 4.78 is 27.0. The zero-order valence-electron chi connectivity index (χ0n) is 11.9. The highest BCUT2D eigenvalue weighted by Crippen LogP contribution is 2.23. The highest BCUT2D eigenvalue weighted by atomic mass is 32.2. The lowest BCUT2D eigenvalue weighted by molar-refractivity contribution is 0.0945. The van der Waals surface area contributed by atoms with Crippen LogP contribution in [0.3, 0.4) is 0 Å². The first-order chi connectivity index (χ1) is 10.00. The van der Waals surface area contributed by atoms with Crippen LogP contribution in [0.5, 0.6) is 0 Å². The molecule has 0 aliphatic carbocycles. The Hall–Kier alpha value is -1.44. The molecule has 21 heavy (non-hydrogen) atoms. The second-order valence-electron chi connectivity index (χ2n) is 5.49. The van der Waals surface area contributed by atoms with E-state index in [1.807, 2.05) is 6.92 Å². The van der Waals surface area contributed by atoms with Crippen molar-refractivity contribution in [3.05, 3.63) is 29.3 Å². The van der Waals surface area contributed by atoms with Crippen LogP contribution < -0.4 is 10.6 Å². The van der Waals surface area contributed by atoms with Crippen molar-refractivity contribution in [2.45, 2.75) is 24.3 Å². The number of fused-ring (bicyclic) bond motifs is 1. The first-order valence-corrected chi connectivity index (χ1v) is 8.58. The summed E-state index contributed by atoms with van der Waals surface area (Å²) in [4.78, 5) is 12.1. The number of hydrogen-bond donors (Lipinski definition) is 2. The van der Waals surface area contributed by atoms with Gasteiger partial charge in [-0.15, -0.1) is 0 Å². The van der Waals surface area contributed by atoms with E-state index in [0.717, 1.165) is 12.0 Å². The van der Waals surface area contributed by atoms with Gasteiger partial charge in [0.1, 0.15) is 0 Å². The van der Waals surface area contributed by atoms with E-state index in [-0.39, 0.29) is 16.8 Å². The maximum absolute atomic E-state index is 12.8. The van der Waals surface area contributed by atoms with Crippen molar-refractivity contribution in [3.8, 4) is 0 Å². The van der Waals surface area contributed by atoms with Gasteiger partial charge in [0.15, 0.2) is 0 Å². The number of piperazine rings is 1. The number of hydrogen-bond acceptors (Lipinski definition) is 4. The van der Waals surface area contributed by atoms with Gasteiger partial charge in [-0.3, -0.25) is 4.79 Å². The quantitative estimate of drug-likeness (QED) is 0.803. The third kappa shape index (κ3) is 2.56. The summed E-state index contributed by atoms with van der Waals surface area (Å²) in [5.74, 6) is -0.193. The Morgan fingerprint density at radius 3 is 2.86 bits per heavy atom. The second-order valence-corrected chi connectivity index (χ2v) is 7.38. The molecule has 1 atom stereocenters. The van der Waals surface area contributed by atoms with Crippen molar-refractivity contribution >= 4 is 15.9 Å². The van der Waals surface area contributed by atoms with Gasteiger partial charge in [-0.05, 0) is 31.0 Å². The molecule has 6 nitrogen and oxygen atoms in total. The molecule has 1 amide bonds. The Labute approximate surface area is 124 Å². The van der Waals surface area contributed by atoms with Crippen molar-refractivity contribution in [2.24, 2.45) is 0 Å². The molecule has 114 valence electrons. The molecule has 1 saturated heterocycles. The summed E-state index contributed by atoms with van der Waals surface area (Å²) in [7, 11) is -3.55. The number of carbonyl (C=O) groups excluding carboxylic acids is 1. The normalized spacial score (nSPS) is 23.5. The molecule has 3 rings (SSSR count). The number of amides is 1. The van der Waals surface area contributed by atoms with Crippen molar-refractivity contribution in [1.82, 2.24) is 14.9 Å². The molecule has 1 aromatic rings. The van der Waals surface area contributed by atoms with Crippen LogP contribution in [0, 0.1) is 0 Å². The van der Waals surface area contributed by atoms with Gasteiger partial charge in [0.2, 0.25) is 10.0 Å². The minimum atomic E-state index is -3.55. The standard InChI is InChI=1S/C14H19N3O3S/c1-10-9-15-6-7-17(10)21(19,20)12-3-2-11-4-5-16-14(18)13(11)8-12/h2-3,8,10,15H,4-7,9H2,1H3,(H,16,18)/t10-/m1/s1. The van der Waals surface area contributed by atoms with E-state index in [1.54, 1.807) is 12.1 Å². The molecule has 2 aliphatic heterocycles. The Morgan fingerprint density at radius 2 is 2.10 bits per heavy atom. The molecule has 1 fully saturated rings. The van der Waals surface area contributed by atoms with Crippen LogP contribution in [-0.4, -0.2) is 50.9 Å². The lowest BCUT2D eigenvalue weighted by Gasteiger charge is -2.33. The van der Waals surface area contributed by atoms with Crippen LogP contribution in [0.25, 0.3) is 0 Å². The number of nitrogens with one attached hydrogen (secondary N) is 2. The first kappa shape index (κ1) is 14.5. The fourth-order valence-corrected chi connectivity index (χ4v) is 4.52. The molecule has 2 aliphatic rings. The van der Waals surface area contributed by atoms with Crippen LogP contribution in [0.2, 0.25) is 0 Å². The van der Waals surface area contributed by atoms with Crippen LogP contribution in [0.1, 0.15) is 22.8 Å². The number of carbonyl (C=O) groups is 1. The zero-order valence-corrected chi connectivity index (χ0v) is 12.7. The third-order valence-electron chi connectivity index (χ3n) is 4.05. The van der Waals surface area contributed by atoms with Crippen molar-refractivity contribution < 1.29 is 13.2 Å². The van der Waals surface area contributed by atoms with Crippen molar-refractivity contribution in [1.29, 1.82) is 0 Å². The lowest BCUT2D eigenvalue weighted by atomic mass is 10.0. The first-order valence-electron chi connectivity index (χ1n) is 7.14. The summed E-state index contributed by atoms with van der Waals surface area (Å²) in [5, 5.41) is 5.92. The highest BCUT2D eigenvalue weighted by Gasteiger charge is 2.32. The summed E-state index contributed by atoms with van der Waals surface area (Å²) in [6, 6.07) is 4.79. The molecule has 0 unspecified atom stereocenters. The number of sulfonamides is 1. The summed E-state index contributed by atoms with van der Waals surface area (Å²) in [6.07, 6.45) is 0.742. The van der Waals surface area contributed by atoms with Gasteiger partial charge in [0, 0.05) is 37.8 Å². The van der Waals surface area contributed by atoms with Gasteiger partial charge in [-0.2, -0.15) is 4.31 Å². The van der Waals surface area contributed by atoms with Crippen LogP contribution in [0.4, 0.5) is 0 Å². The van der Waals surface area contributed by atoms with Gasteiger partial charge >= 0.3 is 0 Å². The Balaban J connectivity index is 1.99. The summed E-state index contributed by atoms with van der Waals surface area (Å²) in [6.45, 7) is 4.23. The average molecular weight is 309 g/mol. The summed E-state index contributed by atoms with van der Waals surface area (Å²) >= 11 is 0. The second kappa shape index (κ2) is 5.40. The summed E-state index contributed by atoms with van der Waals surface area (Å²) in [5.41, 5.74) is 1.39. The van der Waals surface area contributed by atoms with Gasteiger partial charge in [-0.25, -0.2) is 8.42 Å². The molecule has 0 spiro atoms. The molecule has 0 saturated carbocycles. The van der Waals surface area contributed by atoms with Gasteiger partial charge in [0.05, 0.1) is 4.90 Å². The van der Waals surface area contributed by atoms with Gasteiger partial charge in [-0.1, -0.05) is 6.07 Å². The SMILES string of the molecule is C[C@@H]1CNCCN1S(=O)(=O)c1ccc2c(c1)C(=O)NCC2. The topological polar surface area (TPSA) is 78.5 Å². The minimum absolute atomic E-state index is 0.0893. The molecule has 2 heterocycles. The monoisotopic (exact) mass is 309 g/mol. The van der Waals surface area contributed by atoms with Crippen LogP contribution in [-0.2, 0) is 16.4 Å². The smallest absolute Gasteiger partial charge is 0.251 e. The maximum atomic E-state index is 12.8. The fourth-order valence-electron chi connectivity index (χ4n) is 2.87. The Morgan fingerprint density at radius 1 is 1.29 bits per heavy atom. The minimum Gasteiger partial charge on any atom is -0.352 e. The Bertz CT molecular complexity index is 672. The van der Waals surface area contributed by atoms with E-state index in [2.05, 4.69) is 10.6 Å². The Kier molecular flexibility index (Phi) is 3.73. The lowest BCUT2D eigenvalue weighted by Crippen LogP contribution is -2.52. The predicted octanol–water partition coefficient (Wildman–Crippen LogP) is -0.0451. The number of rotatable bonds is 2. The molecule has 2 N–H and O–H groups in total. The highest BCUT2D eigenvalue weighted by molar-refractivity contribution is 7.89. The van der Waals surface area contributed by atoms with Crippen molar-refractivity contribution in [2.75, 3.05) is 26.2 Å². The predicted molar refractivity (Wildman–Crippen MR) is 78.7 cm³/mol. The van der Waals surface area contributed by atoms with Gasteiger partial charge < -0.3 is 10.6 Å². The van der Waals surface area contributed by atoms with E-state index < -0.39 is 10.0 Å². The molecule has 0 radical (unpaired) electrons. The average Bonchev–Trinajstić information content (AvgIpc) is 2.47. The molecule has 7 heteroatoms. The van der Waals surface area contributed by atoms with Gasteiger partial charge in [0.25, 0.3) is 5.91 Å². The van der Waals surface area contributed by atoms with E-state index >= 15 is 0 Å². The largest absolute Gasteiger partial charge is 0.352 e. The molecule has 1 aromatic carbocycles. The molecule has 0 bridgehead atoms. The van der Waals surface area contributed by atoms with Crippen molar-refractivity contribution in [3.63, 3.8) is 0 Å². The van der Waals surface area contributed by atoms with E-state index in [0.29, 0.717) is 31.7 Å². The fraction of sp³-hybridized carbons (Fsp3) is 0.500. The molecule has 0 aromatic heterocycles. The molecular formula is C14H19N3O3S. The third-order valence-corrected chi connectivity index (χ3v) is 6.06. The van der Waals surface area contributed by atoms with Crippen LogP contribution in [0.15, 0.2) is 23.1 Å². The number of nitrogens with zero attached hydrogens (tertiary/aromatic N) is 1. The van der Waals surface area contributed by atoms with E-state index in [4.69, 9.17) is 0 Å². The zero-order chi connectivity index (χ0) is 15.0. The van der Waals surface area contributed by atoms with E-state index in [9.17, 15) is 13.2 Å². The molecular weight excluding hydrogens is 290 g/mol. The maximum Gasteiger partial charge on any atom is 0.251 e. The van der Waals surface area contributed by atoms with E-state index in [1.165, 1.54) is 10.4 Å².